The van der Waals surface area contributed by atoms with E-state index >= 15 is 0 Å². The number of nitrogens with one attached hydrogen (secondary N) is 1. The van der Waals surface area contributed by atoms with Gasteiger partial charge in [-0.3, -0.25) is 4.79 Å². The highest BCUT2D eigenvalue weighted by atomic mass is 35.5. The van der Waals surface area contributed by atoms with Gasteiger partial charge in [0.25, 0.3) is 5.91 Å². The highest BCUT2D eigenvalue weighted by Crippen LogP contribution is 2.21. The maximum Gasteiger partial charge on any atom is 0.337 e. The minimum absolute atomic E-state index is 0.0336. The van der Waals surface area contributed by atoms with Crippen molar-refractivity contribution >= 4 is 29.2 Å². The molecule has 19 heavy (non-hydrogen) atoms. The Morgan fingerprint density at radius 2 is 2.16 bits per heavy atom. The van der Waals surface area contributed by atoms with Crippen LogP contribution in [0.2, 0.25) is 5.02 Å². The number of aryl methyl sites for hydroxylation is 1. The first-order chi connectivity index (χ1) is 8.99. The SMILES string of the molecule is Cc1ncoc1C(=O)Nc1ccc(Cl)cc1C(=O)O. The van der Waals surface area contributed by atoms with Crippen molar-refractivity contribution in [2.45, 2.75) is 6.92 Å². The molecule has 1 amide bonds. The van der Waals surface area contributed by atoms with Gasteiger partial charge in [-0.15, -0.1) is 0 Å². The van der Waals surface area contributed by atoms with Gasteiger partial charge in [-0.25, -0.2) is 9.78 Å². The van der Waals surface area contributed by atoms with E-state index in [9.17, 15) is 9.59 Å². The number of carbonyl (C=O) groups is 2. The van der Waals surface area contributed by atoms with E-state index in [1.165, 1.54) is 18.2 Å². The Morgan fingerprint density at radius 1 is 1.42 bits per heavy atom. The normalized spacial score (nSPS) is 10.2. The Morgan fingerprint density at radius 3 is 2.74 bits per heavy atom. The fourth-order valence-electron chi connectivity index (χ4n) is 1.50. The largest absolute Gasteiger partial charge is 0.478 e. The highest BCUT2D eigenvalue weighted by Gasteiger charge is 2.18. The van der Waals surface area contributed by atoms with Gasteiger partial charge in [0.15, 0.2) is 6.39 Å². The zero-order chi connectivity index (χ0) is 14.0. The number of hydrogen-bond acceptors (Lipinski definition) is 4. The molecule has 6 nitrogen and oxygen atoms in total. The number of amides is 1. The Hall–Kier alpha value is -2.34. The third-order valence-electron chi connectivity index (χ3n) is 2.41. The average Bonchev–Trinajstić information content (AvgIpc) is 2.77. The van der Waals surface area contributed by atoms with Gasteiger partial charge in [-0.05, 0) is 25.1 Å². The summed E-state index contributed by atoms with van der Waals surface area (Å²) in [5.41, 5.74) is 0.457. The standard InChI is InChI=1S/C12H9ClN2O4/c1-6-10(19-5-14-6)11(16)15-9-3-2-7(13)4-8(9)12(17)18/h2-5H,1H3,(H,15,16)(H,17,18). The lowest BCUT2D eigenvalue weighted by molar-refractivity contribution is 0.0698. The van der Waals surface area contributed by atoms with E-state index in [2.05, 4.69) is 10.3 Å². The molecule has 0 aliphatic heterocycles. The Bertz CT molecular complexity index is 651. The number of halogens is 1. The first kappa shape index (κ1) is 13.1. The molecule has 1 aromatic carbocycles. The summed E-state index contributed by atoms with van der Waals surface area (Å²) in [5.74, 6) is -1.72. The van der Waals surface area contributed by atoms with Gasteiger partial charge in [-0.2, -0.15) is 0 Å². The van der Waals surface area contributed by atoms with Crippen LogP contribution >= 0.6 is 11.6 Å². The van der Waals surface area contributed by atoms with Crippen LogP contribution in [0.4, 0.5) is 5.69 Å². The summed E-state index contributed by atoms with van der Waals surface area (Å²) < 4.78 is 4.93. The molecule has 2 rings (SSSR count). The van der Waals surface area contributed by atoms with Crippen LogP contribution < -0.4 is 5.32 Å². The van der Waals surface area contributed by atoms with Crippen LogP contribution in [0, 0.1) is 6.92 Å². The molecule has 0 radical (unpaired) electrons. The summed E-state index contributed by atoms with van der Waals surface area (Å²) in [6.45, 7) is 1.61. The Labute approximate surface area is 113 Å². The Balaban J connectivity index is 2.32. The number of rotatable bonds is 3. The summed E-state index contributed by atoms with van der Waals surface area (Å²) in [6.07, 6.45) is 1.14. The van der Waals surface area contributed by atoms with E-state index in [1.807, 2.05) is 0 Å². The van der Waals surface area contributed by atoms with E-state index in [-0.39, 0.29) is 22.0 Å². The van der Waals surface area contributed by atoms with Crippen molar-refractivity contribution in [3.05, 3.63) is 46.6 Å². The second kappa shape index (κ2) is 5.11. The number of carboxylic acid groups (broad SMARTS) is 1. The van der Waals surface area contributed by atoms with Crippen LogP contribution in [-0.2, 0) is 0 Å². The van der Waals surface area contributed by atoms with Crippen LogP contribution in [0.25, 0.3) is 0 Å². The summed E-state index contributed by atoms with van der Waals surface area (Å²) in [6, 6.07) is 4.15. The van der Waals surface area contributed by atoms with Gasteiger partial charge in [0.05, 0.1) is 16.9 Å². The number of anilines is 1. The van der Waals surface area contributed by atoms with Crippen molar-refractivity contribution in [3.8, 4) is 0 Å². The molecular formula is C12H9ClN2O4. The number of aromatic nitrogens is 1. The van der Waals surface area contributed by atoms with Crippen molar-refractivity contribution in [2.24, 2.45) is 0 Å². The van der Waals surface area contributed by atoms with E-state index in [1.54, 1.807) is 6.92 Å². The van der Waals surface area contributed by atoms with Crippen LogP contribution in [0.5, 0.6) is 0 Å². The average molecular weight is 281 g/mol. The molecule has 0 aliphatic carbocycles. The zero-order valence-electron chi connectivity index (χ0n) is 9.81. The second-order valence-corrected chi connectivity index (χ2v) is 4.15. The van der Waals surface area contributed by atoms with Gasteiger partial charge in [-0.1, -0.05) is 11.6 Å². The number of aromatic carboxylic acids is 1. The number of benzene rings is 1. The van der Waals surface area contributed by atoms with E-state index < -0.39 is 11.9 Å². The monoisotopic (exact) mass is 280 g/mol. The van der Waals surface area contributed by atoms with Gasteiger partial charge in [0.1, 0.15) is 0 Å². The molecule has 2 aromatic rings. The van der Waals surface area contributed by atoms with Crippen LogP contribution in [-0.4, -0.2) is 22.0 Å². The molecule has 0 spiro atoms. The molecule has 98 valence electrons. The minimum atomic E-state index is -1.19. The van der Waals surface area contributed by atoms with Crippen molar-refractivity contribution in [1.82, 2.24) is 4.98 Å². The molecule has 0 unspecified atom stereocenters. The molecule has 2 N–H and O–H groups in total. The van der Waals surface area contributed by atoms with Gasteiger partial charge < -0.3 is 14.8 Å². The number of nitrogens with zero attached hydrogens (tertiary/aromatic N) is 1. The lowest BCUT2D eigenvalue weighted by Crippen LogP contribution is -2.15. The first-order valence-corrected chi connectivity index (χ1v) is 5.61. The number of oxazole rings is 1. The molecule has 0 bridgehead atoms. The molecule has 1 heterocycles. The predicted octanol–water partition coefficient (Wildman–Crippen LogP) is 2.59. The smallest absolute Gasteiger partial charge is 0.337 e. The van der Waals surface area contributed by atoms with E-state index in [0.29, 0.717) is 5.69 Å². The van der Waals surface area contributed by atoms with Gasteiger partial charge in [0, 0.05) is 5.02 Å². The van der Waals surface area contributed by atoms with Crippen LogP contribution in [0.3, 0.4) is 0 Å². The van der Waals surface area contributed by atoms with Crippen molar-refractivity contribution < 1.29 is 19.1 Å². The zero-order valence-corrected chi connectivity index (χ0v) is 10.6. The summed E-state index contributed by atoms with van der Waals surface area (Å²) in [4.78, 5) is 26.7. The third-order valence-corrected chi connectivity index (χ3v) is 2.65. The van der Waals surface area contributed by atoms with Gasteiger partial charge in [0.2, 0.25) is 5.76 Å². The summed E-state index contributed by atoms with van der Waals surface area (Å²) >= 11 is 5.72. The topological polar surface area (TPSA) is 92.4 Å². The molecule has 0 atom stereocenters. The number of hydrogen-bond donors (Lipinski definition) is 2. The number of carbonyl (C=O) groups excluding carboxylic acids is 1. The van der Waals surface area contributed by atoms with Crippen LogP contribution in [0.15, 0.2) is 29.0 Å². The molecule has 7 heteroatoms. The maximum atomic E-state index is 11.9. The minimum Gasteiger partial charge on any atom is -0.478 e. The fourth-order valence-corrected chi connectivity index (χ4v) is 1.67. The fraction of sp³-hybridized carbons (Fsp3) is 0.0833. The third kappa shape index (κ3) is 2.74. The van der Waals surface area contributed by atoms with E-state index in [4.69, 9.17) is 21.1 Å². The molecule has 0 saturated heterocycles. The summed E-state index contributed by atoms with van der Waals surface area (Å²) in [5, 5.41) is 11.8. The highest BCUT2D eigenvalue weighted by molar-refractivity contribution is 6.31. The van der Waals surface area contributed by atoms with Crippen molar-refractivity contribution in [3.63, 3.8) is 0 Å². The molecule has 0 aliphatic rings. The van der Waals surface area contributed by atoms with Crippen molar-refractivity contribution in [1.29, 1.82) is 0 Å². The van der Waals surface area contributed by atoms with Gasteiger partial charge >= 0.3 is 5.97 Å². The van der Waals surface area contributed by atoms with E-state index in [0.717, 1.165) is 6.39 Å². The molecule has 1 aromatic heterocycles. The lowest BCUT2D eigenvalue weighted by atomic mass is 10.1. The first-order valence-electron chi connectivity index (χ1n) is 5.23. The molecule has 0 saturated carbocycles. The maximum absolute atomic E-state index is 11.9. The number of carboxylic acids is 1. The quantitative estimate of drug-likeness (QED) is 0.901. The molecule has 0 fully saturated rings. The predicted molar refractivity (Wildman–Crippen MR) is 67.6 cm³/mol. The molecular weight excluding hydrogens is 272 g/mol. The lowest BCUT2D eigenvalue weighted by Gasteiger charge is -2.07. The second-order valence-electron chi connectivity index (χ2n) is 3.72. The summed E-state index contributed by atoms with van der Waals surface area (Å²) in [7, 11) is 0. The van der Waals surface area contributed by atoms with Crippen molar-refractivity contribution in [2.75, 3.05) is 5.32 Å². The Kier molecular flexibility index (Phi) is 3.52. The van der Waals surface area contributed by atoms with Crippen LogP contribution in [0.1, 0.15) is 26.6 Å².